The van der Waals surface area contributed by atoms with Crippen LogP contribution >= 0.6 is 0 Å². The maximum atomic E-state index is 12.2. The third kappa shape index (κ3) is 2.15. The summed E-state index contributed by atoms with van der Waals surface area (Å²) in [6.45, 7) is 8.34. The molecule has 0 bridgehead atoms. The van der Waals surface area contributed by atoms with E-state index in [9.17, 15) is 4.79 Å². The van der Waals surface area contributed by atoms with Gasteiger partial charge in [0, 0.05) is 7.05 Å². The highest BCUT2D eigenvalue weighted by atomic mass is 16.2. The van der Waals surface area contributed by atoms with Crippen molar-refractivity contribution in [1.82, 2.24) is 10.2 Å². The molecule has 0 aliphatic carbocycles. The summed E-state index contributed by atoms with van der Waals surface area (Å²) in [6, 6.07) is 6.32. The third-order valence-corrected chi connectivity index (χ3v) is 3.72. The minimum absolute atomic E-state index is 0.00509. The molecule has 1 N–H and O–H groups in total. The molecule has 1 fully saturated rings. The zero-order valence-electron chi connectivity index (χ0n) is 11.8. The van der Waals surface area contributed by atoms with Gasteiger partial charge in [-0.25, -0.2) is 0 Å². The van der Waals surface area contributed by atoms with Crippen molar-refractivity contribution < 1.29 is 4.79 Å². The first-order valence-electron chi connectivity index (χ1n) is 6.51. The van der Waals surface area contributed by atoms with Crippen molar-refractivity contribution in [3.05, 3.63) is 34.9 Å². The SMILES string of the molecule is Cc1ccc(C2NC(C(C)C)C(=O)N2C)c(C)c1. The maximum Gasteiger partial charge on any atom is 0.241 e. The van der Waals surface area contributed by atoms with Gasteiger partial charge in [-0.1, -0.05) is 37.6 Å². The molecule has 1 saturated heterocycles. The van der Waals surface area contributed by atoms with Crippen LogP contribution in [0.5, 0.6) is 0 Å². The number of nitrogens with one attached hydrogen (secondary N) is 1. The predicted molar refractivity (Wildman–Crippen MR) is 73.2 cm³/mol. The Labute approximate surface area is 109 Å². The van der Waals surface area contributed by atoms with Crippen molar-refractivity contribution in [2.45, 2.75) is 39.9 Å². The van der Waals surface area contributed by atoms with E-state index in [4.69, 9.17) is 0 Å². The van der Waals surface area contributed by atoms with Crippen LogP contribution < -0.4 is 5.32 Å². The lowest BCUT2D eigenvalue weighted by Gasteiger charge is -2.22. The Hall–Kier alpha value is -1.35. The number of nitrogens with zero attached hydrogens (tertiary/aromatic N) is 1. The van der Waals surface area contributed by atoms with E-state index >= 15 is 0 Å². The Kier molecular flexibility index (Phi) is 3.44. The quantitative estimate of drug-likeness (QED) is 0.869. The Balaban J connectivity index is 2.32. The van der Waals surface area contributed by atoms with Gasteiger partial charge in [-0.05, 0) is 30.9 Å². The summed E-state index contributed by atoms with van der Waals surface area (Å²) in [5.74, 6) is 0.505. The fraction of sp³-hybridized carbons (Fsp3) is 0.533. The van der Waals surface area contributed by atoms with Crippen molar-refractivity contribution in [3.63, 3.8) is 0 Å². The molecule has 2 unspecified atom stereocenters. The second-order valence-corrected chi connectivity index (χ2v) is 5.60. The number of carbonyl (C=O) groups excluding carboxylic acids is 1. The van der Waals surface area contributed by atoms with Crippen LogP contribution in [-0.2, 0) is 4.79 Å². The standard InChI is InChI=1S/C15H22N2O/c1-9(2)13-15(18)17(5)14(16-13)12-7-6-10(3)8-11(12)4/h6-9,13-14,16H,1-5H3. The first-order valence-corrected chi connectivity index (χ1v) is 6.51. The van der Waals surface area contributed by atoms with Gasteiger partial charge >= 0.3 is 0 Å². The van der Waals surface area contributed by atoms with E-state index in [1.54, 1.807) is 0 Å². The van der Waals surface area contributed by atoms with Crippen LogP contribution in [0.3, 0.4) is 0 Å². The number of rotatable bonds is 2. The first-order chi connectivity index (χ1) is 8.41. The Morgan fingerprint density at radius 1 is 1.28 bits per heavy atom. The van der Waals surface area contributed by atoms with Crippen LogP contribution in [0, 0.1) is 19.8 Å². The van der Waals surface area contributed by atoms with Crippen molar-refractivity contribution in [2.75, 3.05) is 7.05 Å². The zero-order valence-corrected chi connectivity index (χ0v) is 11.8. The van der Waals surface area contributed by atoms with Crippen LogP contribution in [0.15, 0.2) is 18.2 Å². The molecule has 0 saturated carbocycles. The monoisotopic (exact) mass is 246 g/mol. The van der Waals surface area contributed by atoms with Gasteiger partial charge in [0.1, 0.15) is 6.17 Å². The van der Waals surface area contributed by atoms with E-state index in [0.717, 1.165) is 0 Å². The Morgan fingerprint density at radius 2 is 1.94 bits per heavy atom. The van der Waals surface area contributed by atoms with E-state index in [1.807, 2.05) is 11.9 Å². The average Bonchev–Trinajstić information content (AvgIpc) is 2.57. The number of hydrogen-bond donors (Lipinski definition) is 1. The largest absolute Gasteiger partial charge is 0.325 e. The molecule has 0 spiro atoms. The number of amides is 1. The fourth-order valence-corrected chi connectivity index (χ4v) is 2.61. The molecule has 18 heavy (non-hydrogen) atoms. The lowest BCUT2D eigenvalue weighted by atomic mass is 10.0. The second-order valence-electron chi connectivity index (χ2n) is 5.60. The first kappa shape index (κ1) is 13.1. The smallest absolute Gasteiger partial charge is 0.241 e. The number of hydrogen-bond acceptors (Lipinski definition) is 2. The molecule has 2 rings (SSSR count). The summed E-state index contributed by atoms with van der Waals surface area (Å²) in [4.78, 5) is 14.0. The minimum Gasteiger partial charge on any atom is -0.325 e. The van der Waals surface area contributed by atoms with Crippen LogP contribution in [0.2, 0.25) is 0 Å². The lowest BCUT2D eigenvalue weighted by Crippen LogP contribution is -2.33. The minimum atomic E-state index is -0.0688. The van der Waals surface area contributed by atoms with E-state index in [1.165, 1.54) is 16.7 Å². The Bertz CT molecular complexity index is 468. The molecule has 1 aromatic carbocycles. The molecular formula is C15H22N2O. The van der Waals surface area contributed by atoms with Crippen LogP contribution in [0.4, 0.5) is 0 Å². The van der Waals surface area contributed by atoms with Gasteiger partial charge in [0.15, 0.2) is 0 Å². The molecular weight excluding hydrogens is 224 g/mol. The number of likely N-dealkylation sites (N-methyl/N-ethyl adjacent to an activating group) is 1. The molecule has 3 heteroatoms. The Morgan fingerprint density at radius 3 is 2.44 bits per heavy atom. The number of aryl methyl sites for hydroxylation is 2. The van der Waals surface area contributed by atoms with E-state index in [2.05, 4.69) is 51.2 Å². The van der Waals surface area contributed by atoms with Crippen molar-refractivity contribution >= 4 is 5.91 Å². The van der Waals surface area contributed by atoms with Crippen LogP contribution in [0.25, 0.3) is 0 Å². The summed E-state index contributed by atoms with van der Waals surface area (Å²) >= 11 is 0. The third-order valence-electron chi connectivity index (χ3n) is 3.72. The highest BCUT2D eigenvalue weighted by molar-refractivity contribution is 5.84. The van der Waals surface area contributed by atoms with Gasteiger partial charge < -0.3 is 4.90 Å². The summed E-state index contributed by atoms with van der Waals surface area (Å²) in [6.07, 6.45) is 0.00509. The van der Waals surface area contributed by atoms with Gasteiger partial charge in [0.05, 0.1) is 6.04 Å². The molecule has 0 aromatic heterocycles. The van der Waals surface area contributed by atoms with Crippen LogP contribution in [0.1, 0.15) is 36.7 Å². The second kappa shape index (κ2) is 4.73. The van der Waals surface area contributed by atoms with E-state index < -0.39 is 0 Å². The lowest BCUT2D eigenvalue weighted by molar-refractivity contribution is -0.129. The van der Waals surface area contributed by atoms with E-state index in [0.29, 0.717) is 5.92 Å². The topological polar surface area (TPSA) is 32.3 Å². The van der Waals surface area contributed by atoms with Crippen molar-refractivity contribution in [1.29, 1.82) is 0 Å². The molecule has 1 aliphatic rings. The molecule has 1 aliphatic heterocycles. The number of carbonyl (C=O) groups is 1. The zero-order chi connectivity index (χ0) is 13.4. The summed E-state index contributed by atoms with van der Waals surface area (Å²) < 4.78 is 0. The fourth-order valence-electron chi connectivity index (χ4n) is 2.61. The summed E-state index contributed by atoms with van der Waals surface area (Å²) in [7, 11) is 1.88. The highest BCUT2D eigenvalue weighted by Crippen LogP contribution is 2.28. The average molecular weight is 246 g/mol. The summed E-state index contributed by atoms with van der Waals surface area (Å²) in [5, 5.41) is 3.44. The molecule has 1 heterocycles. The van der Waals surface area contributed by atoms with Crippen molar-refractivity contribution in [2.24, 2.45) is 5.92 Å². The molecule has 0 radical (unpaired) electrons. The molecule has 2 atom stereocenters. The van der Waals surface area contributed by atoms with Crippen LogP contribution in [-0.4, -0.2) is 23.9 Å². The molecule has 1 aromatic rings. The normalized spacial score (nSPS) is 24.1. The molecule has 3 nitrogen and oxygen atoms in total. The van der Waals surface area contributed by atoms with Gasteiger partial charge in [-0.15, -0.1) is 0 Å². The van der Waals surface area contributed by atoms with E-state index in [-0.39, 0.29) is 18.1 Å². The molecule has 98 valence electrons. The summed E-state index contributed by atoms with van der Waals surface area (Å²) in [5.41, 5.74) is 3.68. The highest BCUT2D eigenvalue weighted by Gasteiger charge is 2.39. The van der Waals surface area contributed by atoms with Gasteiger partial charge in [0.25, 0.3) is 0 Å². The number of benzene rings is 1. The predicted octanol–water partition coefficient (Wildman–Crippen LogP) is 2.39. The van der Waals surface area contributed by atoms with Gasteiger partial charge in [0.2, 0.25) is 5.91 Å². The van der Waals surface area contributed by atoms with Gasteiger partial charge in [-0.2, -0.15) is 0 Å². The molecule has 1 amide bonds. The van der Waals surface area contributed by atoms with Gasteiger partial charge in [-0.3, -0.25) is 10.1 Å². The maximum absolute atomic E-state index is 12.2. The van der Waals surface area contributed by atoms with Crippen molar-refractivity contribution in [3.8, 4) is 0 Å².